The molecule has 3 aromatic carbocycles. The van der Waals surface area contributed by atoms with E-state index in [1.807, 2.05) is 29.5 Å². The van der Waals surface area contributed by atoms with Crippen LogP contribution in [0.4, 0.5) is 0 Å². The molecule has 5 aromatic rings. The van der Waals surface area contributed by atoms with Gasteiger partial charge in [0, 0.05) is 31.1 Å². The van der Waals surface area contributed by atoms with Crippen molar-refractivity contribution >= 4 is 42.4 Å². The van der Waals surface area contributed by atoms with E-state index in [2.05, 4.69) is 53.7 Å². The molecule has 0 atom stereocenters. The van der Waals surface area contributed by atoms with E-state index >= 15 is 0 Å². The van der Waals surface area contributed by atoms with Crippen molar-refractivity contribution in [2.24, 2.45) is 0 Å². The number of nitrogens with zero attached hydrogens (tertiary/aromatic N) is 1. The Morgan fingerprint density at radius 3 is 2.45 bits per heavy atom. The molecule has 0 saturated heterocycles. The van der Waals surface area contributed by atoms with Crippen LogP contribution >= 0.6 is 11.3 Å². The van der Waals surface area contributed by atoms with Crippen LogP contribution in [0.15, 0.2) is 71.3 Å². The standard InChI is InChI=1S/C19H11NOS/c1-3-7-16-14(6-1)19(21-20-16)12-9-10-18-15(11-12)13-5-2-4-8-17(13)22-18/h1-11H. The van der Waals surface area contributed by atoms with Crippen molar-refractivity contribution in [2.75, 3.05) is 0 Å². The molecule has 0 aliphatic carbocycles. The second kappa shape index (κ2) is 4.42. The van der Waals surface area contributed by atoms with E-state index < -0.39 is 0 Å². The normalized spacial score (nSPS) is 11.6. The first-order valence-electron chi connectivity index (χ1n) is 7.16. The molecule has 2 nitrogen and oxygen atoms in total. The highest BCUT2D eigenvalue weighted by Crippen LogP contribution is 2.37. The minimum Gasteiger partial charge on any atom is -0.355 e. The van der Waals surface area contributed by atoms with E-state index in [9.17, 15) is 0 Å². The quantitative estimate of drug-likeness (QED) is 0.387. The lowest BCUT2D eigenvalue weighted by molar-refractivity contribution is 0.441. The van der Waals surface area contributed by atoms with E-state index in [-0.39, 0.29) is 0 Å². The molecule has 0 spiro atoms. The van der Waals surface area contributed by atoms with E-state index in [1.165, 1.54) is 20.2 Å². The summed E-state index contributed by atoms with van der Waals surface area (Å²) in [5.74, 6) is 0.841. The average Bonchev–Trinajstić information content (AvgIpc) is 3.15. The number of rotatable bonds is 1. The fourth-order valence-corrected chi connectivity index (χ4v) is 4.05. The first-order chi connectivity index (χ1) is 10.9. The monoisotopic (exact) mass is 301 g/mol. The third kappa shape index (κ3) is 1.63. The minimum atomic E-state index is 0.841. The Morgan fingerprint density at radius 2 is 1.50 bits per heavy atom. The third-order valence-electron chi connectivity index (χ3n) is 4.02. The van der Waals surface area contributed by atoms with Crippen molar-refractivity contribution in [3.63, 3.8) is 0 Å². The van der Waals surface area contributed by atoms with Gasteiger partial charge in [0.05, 0.1) is 0 Å². The van der Waals surface area contributed by atoms with Gasteiger partial charge in [0.2, 0.25) is 0 Å². The summed E-state index contributed by atoms with van der Waals surface area (Å²) in [4.78, 5) is 0. The van der Waals surface area contributed by atoms with Crippen LogP contribution in [0.5, 0.6) is 0 Å². The molecule has 2 aromatic heterocycles. The predicted molar refractivity (Wildman–Crippen MR) is 92.3 cm³/mol. The maximum absolute atomic E-state index is 5.59. The van der Waals surface area contributed by atoms with Gasteiger partial charge in [-0.3, -0.25) is 0 Å². The van der Waals surface area contributed by atoms with Crippen molar-refractivity contribution in [1.29, 1.82) is 0 Å². The zero-order chi connectivity index (χ0) is 14.5. The number of fused-ring (bicyclic) bond motifs is 4. The van der Waals surface area contributed by atoms with Gasteiger partial charge in [-0.2, -0.15) is 0 Å². The van der Waals surface area contributed by atoms with Crippen molar-refractivity contribution in [3.05, 3.63) is 66.7 Å². The molecule has 22 heavy (non-hydrogen) atoms. The van der Waals surface area contributed by atoms with Gasteiger partial charge in [0.1, 0.15) is 5.52 Å². The maximum atomic E-state index is 5.59. The van der Waals surface area contributed by atoms with Gasteiger partial charge in [-0.05, 0) is 36.4 Å². The molecule has 0 aliphatic rings. The predicted octanol–water partition coefficient (Wildman–Crippen LogP) is 5.86. The summed E-state index contributed by atoms with van der Waals surface area (Å²) >= 11 is 1.83. The summed E-state index contributed by atoms with van der Waals surface area (Å²) in [6.07, 6.45) is 0. The fraction of sp³-hybridized carbons (Fsp3) is 0. The van der Waals surface area contributed by atoms with Gasteiger partial charge in [0.25, 0.3) is 0 Å². The molecule has 0 fully saturated rings. The Hall–Kier alpha value is -2.65. The topological polar surface area (TPSA) is 26.0 Å². The summed E-state index contributed by atoms with van der Waals surface area (Å²) in [5, 5.41) is 7.79. The molecule has 0 bridgehead atoms. The molecule has 2 heterocycles. The molecule has 0 N–H and O–H groups in total. The third-order valence-corrected chi connectivity index (χ3v) is 5.17. The summed E-state index contributed by atoms with van der Waals surface area (Å²) in [5.41, 5.74) is 1.97. The highest BCUT2D eigenvalue weighted by molar-refractivity contribution is 7.25. The first-order valence-corrected chi connectivity index (χ1v) is 7.98. The molecule has 5 rings (SSSR count). The molecule has 0 amide bonds. The zero-order valence-corrected chi connectivity index (χ0v) is 12.4. The van der Waals surface area contributed by atoms with Crippen LogP contribution in [-0.4, -0.2) is 5.16 Å². The molecule has 0 saturated carbocycles. The van der Waals surface area contributed by atoms with E-state index in [4.69, 9.17) is 4.52 Å². The molecular formula is C19H11NOS. The van der Waals surface area contributed by atoms with Gasteiger partial charge in [-0.25, -0.2) is 0 Å². The van der Waals surface area contributed by atoms with Gasteiger partial charge in [-0.1, -0.05) is 35.5 Å². The molecular weight excluding hydrogens is 290 g/mol. The first kappa shape index (κ1) is 12.0. The molecule has 104 valence electrons. The lowest BCUT2D eigenvalue weighted by atomic mass is 10.1. The zero-order valence-electron chi connectivity index (χ0n) is 11.6. The van der Waals surface area contributed by atoms with Gasteiger partial charge < -0.3 is 4.52 Å². The lowest BCUT2D eigenvalue weighted by Crippen LogP contribution is -1.75. The highest BCUT2D eigenvalue weighted by atomic mass is 32.1. The van der Waals surface area contributed by atoms with Crippen molar-refractivity contribution in [1.82, 2.24) is 5.16 Å². The number of thiophene rings is 1. The average molecular weight is 301 g/mol. The summed E-state index contributed by atoms with van der Waals surface area (Å²) < 4.78 is 8.21. The van der Waals surface area contributed by atoms with Crippen LogP contribution in [0.25, 0.3) is 42.4 Å². The summed E-state index contributed by atoms with van der Waals surface area (Å²) in [6.45, 7) is 0. The van der Waals surface area contributed by atoms with Crippen LogP contribution in [0.1, 0.15) is 0 Å². The van der Waals surface area contributed by atoms with Crippen molar-refractivity contribution < 1.29 is 4.52 Å². The van der Waals surface area contributed by atoms with Crippen molar-refractivity contribution in [3.8, 4) is 11.3 Å². The lowest BCUT2D eigenvalue weighted by Gasteiger charge is -1.98. The number of hydrogen-bond donors (Lipinski definition) is 0. The summed E-state index contributed by atoms with van der Waals surface area (Å²) in [7, 11) is 0. The number of hydrogen-bond acceptors (Lipinski definition) is 3. The van der Waals surface area contributed by atoms with E-state index in [1.54, 1.807) is 0 Å². The summed E-state index contributed by atoms with van der Waals surface area (Å²) in [6, 6.07) is 23.0. The minimum absolute atomic E-state index is 0.841. The van der Waals surface area contributed by atoms with E-state index in [0.717, 1.165) is 22.2 Å². The van der Waals surface area contributed by atoms with Gasteiger partial charge in [0.15, 0.2) is 5.76 Å². The van der Waals surface area contributed by atoms with Crippen LogP contribution in [0.3, 0.4) is 0 Å². The Labute approximate surface area is 130 Å². The number of benzene rings is 3. The maximum Gasteiger partial charge on any atom is 0.174 e. The SMILES string of the molecule is c1ccc2c(-c3ccc4sc5ccccc5c4c3)onc2c1. The largest absolute Gasteiger partial charge is 0.355 e. The van der Waals surface area contributed by atoms with Gasteiger partial charge in [-0.15, -0.1) is 11.3 Å². The second-order valence-corrected chi connectivity index (χ2v) is 6.42. The molecule has 3 heteroatoms. The Balaban J connectivity index is 1.83. The van der Waals surface area contributed by atoms with Crippen LogP contribution in [0.2, 0.25) is 0 Å². The Bertz CT molecular complexity index is 1140. The number of aromatic nitrogens is 1. The molecule has 0 unspecified atom stereocenters. The highest BCUT2D eigenvalue weighted by Gasteiger charge is 2.12. The van der Waals surface area contributed by atoms with E-state index in [0.29, 0.717) is 0 Å². The smallest absolute Gasteiger partial charge is 0.174 e. The fourth-order valence-electron chi connectivity index (χ4n) is 2.96. The van der Waals surface area contributed by atoms with Crippen LogP contribution < -0.4 is 0 Å². The molecule has 0 aliphatic heterocycles. The Morgan fingerprint density at radius 1 is 0.727 bits per heavy atom. The van der Waals surface area contributed by atoms with Crippen LogP contribution in [-0.2, 0) is 0 Å². The molecule has 0 radical (unpaired) electrons. The van der Waals surface area contributed by atoms with Gasteiger partial charge >= 0.3 is 0 Å². The van der Waals surface area contributed by atoms with Crippen molar-refractivity contribution in [2.45, 2.75) is 0 Å². The van der Waals surface area contributed by atoms with Crippen LogP contribution in [0, 0.1) is 0 Å². The Kier molecular flexibility index (Phi) is 2.40. The second-order valence-electron chi connectivity index (χ2n) is 5.34.